The van der Waals surface area contributed by atoms with Crippen LogP contribution in [0.2, 0.25) is 0 Å². The van der Waals surface area contributed by atoms with Gasteiger partial charge in [-0.15, -0.1) is 0 Å². The highest BCUT2D eigenvalue weighted by molar-refractivity contribution is 5.37. The Kier molecular flexibility index (Phi) is 6.07. The number of ether oxygens (including phenoxy) is 1. The summed E-state index contributed by atoms with van der Waals surface area (Å²) in [6.07, 6.45) is 3.79. The Balaban J connectivity index is 2.06. The fraction of sp³-hybridized carbons (Fsp3) is 0.667. The van der Waals surface area contributed by atoms with Crippen molar-refractivity contribution in [2.24, 2.45) is 11.7 Å². The monoisotopic (exact) mass is 290 g/mol. The molecule has 1 aromatic carbocycles. The third kappa shape index (κ3) is 3.98. The number of methoxy groups -OCH3 is 1. The quantitative estimate of drug-likeness (QED) is 0.874. The fourth-order valence-corrected chi connectivity index (χ4v) is 3.66. The zero-order valence-corrected chi connectivity index (χ0v) is 13.8. The molecular weight excluding hydrogens is 260 g/mol. The second kappa shape index (κ2) is 7.81. The maximum Gasteiger partial charge on any atom is 0.119 e. The normalized spacial score (nSPS) is 18.7. The van der Waals surface area contributed by atoms with Gasteiger partial charge in [-0.25, -0.2) is 0 Å². The lowest BCUT2D eigenvalue weighted by atomic mass is 9.78. The number of aryl methyl sites for hydroxylation is 1. The predicted octanol–water partition coefficient (Wildman–Crippen LogP) is 3.17. The van der Waals surface area contributed by atoms with Crippen LogP contribution in [0.25, 0.3) is 0 Å². The fourth-order valence-electron chi connectivity index (χ4n) is 3.66. The molecule has 1 unspecified atom stereocenters. The van der Waals surface area contributed by atoms with E-state index in [1.807, 2.05) is 0 Å². The van der Waals surface area contributed by atoms with Crippen molar-refractivity contribution in [2.75, 3.05) is 33.3 Å². The van der Waals surface area contributed by atoms with Crippen LogP contribution in [0.5, 0.6) is 5.75 Å². The minimum atomic E-state index is 0.486. The first kappa shape index (κ1) is 16.3. The van der Waals surface area contributed by atoms with Gasteiger partial charge in [0.2, 0.25) is 0 Å². The van der Waals surface area contributed by atoms with Gasteiger partial charge in [0.05, 0.1) is 7.11 Å². The van der Waals surface area contributed by atoms with Crippen molar-refractivity contribution in [3.8, 4) is 5.75 Å². The van der Waals surface area contributed by atoms with Crippen LogP contribution in [0.15, 0.2) is 18.2 Å². The maximum absolute atomic E-state index is 6.12. The van der Waals surface area contributed by atoms with Crippen molar-refractivity contribution in [1.29, 1.82) is 0 Å². The van der Waals surface area contributed by atoms with Gasteiger partial charge in [-0.05, 0) is 87.5 Å². The van der Waals surface area contributed by atoms with Crippen LogP contribution in [-0.2, 0) is 0 Å². The second-order valence-electron chi connectivity index (χ2n) is 6.24. The highest BCUT2D eigenvalue weighted by Gasteiger charge is 2.27. The lowest BCUT2D eigenvalue weighted by Gasteiger charge is -2.36. The summed E-state index contributed by atoms with van der Waals surface area (Å²) < 4.78 is 5.31. The molecule has 1 aromatic rings. The van der Waals surface area contributed by atoms with Gasteiger partial charge in [-0.2, -0.15) is 0 Å². The molecule has 1 atom stereocenters. The molecule has 0 bridgehead atoms. The molecular formula is C18H30N2O. The van der Waals surface area contributed by atoms with E-state index in [9.17, 15) is 0 Å². The number of hydrogen-bond donors (Lipinski definition) is 1. The van der Waals surface area contributed by atoms with E-state index >= 15 is 0 Å². The maximum atomic E-state index is 6.12. The minimum Gasteiger partial charge on any atom is -0.497 e. The first-order valence-electron chi connectivity index (χ1n) is 8.26. The molecule has 0 aliphatic carbocycles. The molecule has 1 fully saturated rings. The van der Waals surface area contributed by atoms with Gasteiger partial charge in [0.1, 0.15) is 5.75 Å². The third-order valence-corrected chi connectivity index (χ3v) is 4.87. The molecule has 0 radical (unpaired) electrons. The Labute approximate surface area is 129 Å². The van der Waals surface area contributed by atoms with E-state index in [2.05, 4.69) is 36.9 Å². The Morgan fingerprint density at radius 3 is 2.57 bits per heavy atom. The van der Waals surface area contributed by atoms with Crippen LogP contribution < -0.4 is 10.5 Å². The summed E-state index contributed by atoms with van der Waals surface area (Å²) >= 11 is 0. The average Bonchev–Trinajstić information content (AvgIpc) is 2.51. The molecule has 3 heteroatoms. The van der Waals surface area contributed by atoms with Crippen molar-refractivity contribution in [1.82, 2.24) is 4.90 Å². The minimum absolute atomic E-state index is 0.486. The van der Waals surface area contributed by atoms with Gasteiger partial charge in [-0.1, -0.05) is 13.0 Å². The number of likely N-dealkylation sites (tertiary alicyclic amines) is 1. The highest BCUT2D eigenvalue weighted by Crippen LogP contribution is 2.34. The average molecular weight is 290 g/mol. The van der Waals surface area contributed by atoms with E-state index < -0.39 is 0 Å². The van der Waals surface area contributed by atoms with E-state index in [1.54, 1.807) is 7.11 Å². The van der Waals surface area contributed by atoms with E-state index in [1.165, 1.54) is 50.0 Å². The van der Waals surface area contributed by atoms with Crippen molar-refractivity contribution in [2.45, 2.75) is 39.0 Å². The number of benzene rings is 1. The van der Waals surface area contributed by atoms with Crippen molar-refractivity contribution >= 4 is 0 Å². The molecule has 1 heterocycles. The van der Waals surface area contributed by atoms with Crippen LogP contribution in [0.1, 0.15) is 43.2 Å². The summed E-state index contributed by atoms with van der Waals surface area (Å²) in [6, 6.07) is 6.41. The summed E-state index contributed by atoms with van der Waals surface area (Å²) in [5.74, 6) is 2.14. The number of piperidine rings is 1. The molecule has 0 saturated carbocycles. The van der Waals surface area contributed by atoms with Crippen LogP contribution in [0.4, 0.5) is 0 Å². The van der Waals surface area contributed by atoms with E-state index in [-0.39, 0.29) is 0 Å². The molecule has 1 aliphatic rings. The molecule has 2 N–H and O–H groups in total. The zero-order chi connectivity index (χ0) is 15.2. The van der Waals surface area contributed by atoms with E-state index in [0.717, 1.165) is 18.2 Å². The Morgan fingerprint density at radius 1 is 1.33 bits per heavy atom. The third-order valence-electron chi connectivity index (χ3n) is 4.87. The molecule has 1 saturated heterocycles. The zero-order valence-electron chi connectivity index (χ0n) is 13.8. The Hall–Kier alpha value is -1.06. The van der Waals surface area contributed by atoms with E-state index in [4.69, 9.17) is 10.5 Å². The summed E-state index contributed by atoms with van der Waals surface area (Å²) in [5, 5.41) is 0. The lowest BCUT2D eigenvalue weighted by molar-refractivity contribution is 0.169. The molecule has 2 rings (SSSR count). The Bertz CT molecular complexity index is 439. The Morgan fingerprint density at radius 2 is 2.05 bits per heavy atom. The number of hydrogen-bond acceptors (Lipinski definition) is 3. The molecule has 3 nitrogen and oxygen atoms in total. The molecule has 0 amide bonds. The van der Waals surface area contributed by atoms with Crippen LogP contribution >= 0.6 is 0 Å². The van der Waals surface area contributed by atoms with Crippen LogP contribution in [0.3, 0.4) is 0 Å². The number of nitrogens with two attached hydrogens (primary N) is 1. The second-order valence-corrected chi connectivity index (χ2v) is 6.24. The highest BCUT2D eigenvalue weighted by atomic mass is 16.5. The summed E-state index contributed by atoms with van der Waals surface area (Å²) in [7, 11) is 1.72. The first-order valence-corrected chi connectivity index (χ1v) is 8.26. The van der Waals surface area contributed by atoms with Gasteiger partial charge in [0, 0.05) is 0 Å². The number of rotatable bonds is 6. The van der Waals surface area contributed by atoms with Gasteiger partial charge in [0.25, 0.3) is 0 Å². The van der Waals surface area contributed by atoms with Crippen molar-refractivity contribution in [3.05, 3.63) is 29.3 Å². The summed E-state index contributed by atoms with van der Waals surface area (Å²) in [5.41, 5.74) is 8.84. The van der Waals surface area contributed by atoms with Gasteiger partial charge in [-0.3, -0.25) is 0 Å². The van der Waals surface area contributed by atoms with E-state index in [0.29, 0.717) is 5.92 Å². The standard InChI is InChI=1S/C18H30N2O/c1-4-9-20-10-7-15(8-11-20)18(13-19)17-6-5-16(21-3)12-14(17)2/h5-6,12,15,18H,4,7-11,13,19H2,1-3H3. The lowest BCUT2D eigenvalue weighted by Crippen LogP contribution is -2.37. The molecule has 0 aromatic heterocycles. The SMILES string of the molecule is CCCN1CCC(C(CN)c2ccc(OC)cc2C)CC1. The molecule has 1 aliphatic heterocycles. The molecule has 0 spiro atoms. The summed E-state index contributed by atoms with van der Waals surface area (Å²) in [6.45, 7) is 8.86. The molecule has 118 valence electrons. The number of nitrogens with zero attached hydrogens (tertiary/aromatic N) is 1. The van der Waals surface area contributed by atoms with Gasteiger partial charge >= 0.3 is 0 Å². The smallest absolute Gasteiger partial charge is 0.119 e. The van der Waals surface area contributed by atoms with Crippen molar-refractivity contribution < 1.29 is 4.74 Å². The van der Waals surface area contributed by atoms with Crippen LogP contribution in [-0.4, -0.2) is 38.2 Å². The van der Waals surface area contributed by atoms with Gasteiger partial charge < -0.3 is 15.4 Å². The topological polar surface area (TPSA) is 38.5 Å². The van der Waals surface area contributed by atoms with Crippen LogP contribution in [0, 0.1) is 12.8 Å². The first-order chi connectivity index (χ1) is 10.2. The largest absolute Gasteiger partial charge is 0.497 e. The predicted molar refractivity (Wildman–Crippen MR) is 89.0 cm³/mol. The summed E-state index contributed by atoms with van der Waals surface area (Å²) in [4.78, 5) is 2.59. The molecule has 21 heavy (non-hydrogen) atoms. The van der Waals surface area contributed by atoms with Crippen molar-refractivity contribution in [3.63, 3.8) is 0 Å². The van der Waals surface area contributed by atoms with Gasteiger partial charge in [0.15, 0.2) is 0 Å².